The number of aliphatic hydroxyl groups is 1. The molecule has 6 heteroatoms. The number of aliphatic hydroxyl groups excluding tert-OH is 1. The SMILES string of the molecule is Cc1ccccc1S(=O)(=O)n1cnc(CO)c1. The maximum atomic E-state index is 12.2. The highest BCUT2D eigenvalue weighted by Gasteiger charge is 2.18. The molecule has 0 unspecified atom stereocenters. The van der Waals surface area contributed by atoms with Crippen molar-refractivity contribution in [3.05, 3.63) is 48.0 Å². The molecule has 0 aliphatic carbocycles. The van der Waals surface area contributed by atoms with Crippen molar-refractivity contribution in [1.29, 1.82) is 0 Å². The summed E-state index contributed by atoms with van der Waals surface area (Å²) >= 11 is 0. The van der Waals surface area contributed by atoms with E-state index in [9.17, 15) is 8.42 Å². The molecular weight excluding hydrogens is 240 g/mol. The number of aryl methyl sites for hydroxylation is 1. The number of aromatic nitrogens is 2. The predicted molar refractivity (Wildman–Crippen MR) is 61.9 cm³/mol. The van der Waals surface area contributed by atoms with Gasteiger partial charge in [-0.2, -0.15) is 0 Å². The summed E-state index contributed by atoms with van der Waals surface area (Å²) in [5, 5.41) is 8.87. The lowest BCUT2D eigenvalue weighted by molar-refractivity contribution is 0.277. The third-order valence-electron chi connectivity index (χ3n) is 2.42. The highest BCUT2D eigenvalue weighted by molar-refractivity contribution is 7.90. The summed E-state index contributed by atoms with van der Waals surface area (Å²) in [4.78, 5) is 4.03. The van der Waals surface area contributed by atoms with Gasteiger partial charge in [0.2, 0.25) is 0 Å². The minimum atomic E-state index is -3.62. The molecule has 0 bridgehead atoms. The van der Waals surface area contributed by atoms with Gasteiger partial charge in [-0.25, -0.2) is 17.4 Å². The lowest BCUT2D eigenvalue weighted by Gasteiger charge is -2.07. The van der Waals surface area contributed by atoms with Gasteiger partial charge in [-0.1, -0.05) is 18.2 Å². The van der Waals surface area contributed by atoms with E-state index in [1.807, 2.05) is 0 Å². The fourth-order valence-corrected chi connectivity index (χ4v) is 2.90. The molecule has 0 saturated heterocycles. The van der Waals surface area contributed by atoms with Gasteiger partial charge in [0.15, 0.2) is 0 Å². The van der Waals surface area contributed by atoms with Crippen LogP contribution in [0.2, 0.25) is 0 Å². The maximum absolute atomic E-state index is 12.2. The van der Waals surface area contributed by atoms with Crippen LogP contribution in [-0.2, 0) is 16.6 Å². The van der Waals surface area contributed by atoms with E-state index in [4.69, 9.17) is 5.11 Å². The number of imidazole rings is 1. The van der Waals surface area contributed by atoms with Crippen molar-refractivity contribution < 1.29 is 13.5 Å². The smallest absolute Gasteiger partial charge is 0.269 e. The van der Waals surface area contributed by atoms with Crippen LogP contribution in [0, 0.1) is 6.92 Å². The van der Waals surface area contributed by atoms with Gasteiger partial charge in [0.05, 0.1) is 17.2 Å². The number of benzene rings is 1. The molecule has 1 aromatic heterocycles. The van der Waals surface area contributed by atoms with Crippen molar-refractivity contribution in [1.82, 2.24) is 8.96 Å². The highest BCUT2D eigenvalue weighted by Crippen LogP contribution is 2.17. The van der Waals surface area contributed by atoms with Crippen molar-refractivity contribution in [3.8, 4) is 0 Å². The number of nitrogens with zero attached hydrogens (tertiary/aromatic N) is 2. The predicted octanol–water partition coefficient (Wildman–Crippen LogP) is 0.921. The first-order valence-electron chi connectivity index (χ1n) is 5.00. The fraction of sp³-hybridized carbons (Fsp3) is 0.182. The van der Waals surface area contributed by atoms with E-state index < -0.39 is 10.0 Å². The average Bonchev–Trinajstić information content (AvgIpc) is 2.78. The minimum Gasteiger partial charge on any atom is -0.390 e. The average molecular weight is 252 g/mol. The van der Waals surface area contributed by atoms with Gasteiger partial charge in [-0.15, -0.1) is 0 Å². The molecule has 90 valence electrons. The van der Waals surface area contributed by atoms with Gasteiger partial charge in [-0.3, -0.25) is 0 Å². The molecule has 17 heavy (non-hydrogen) atoms. The topological polar surface area (TPSA) is 72.2 Å². The summed E-state index contributed by atoms with van der Waals surface area (Å²) in [7, 11) is -3.62. The Morgan fingerprint density at radius 2 is 2.06 bits per heavy atom. The molecule has 0 fully saturated rings. The minimum absolute atomic E-state index is 0.238. The molecule has 2 aromatic rings. The lowest BCUT2D eigenvalue weighted by atomic mass is 10.2. The van der Waals surface area contributed by atoms with Crippen LogP contribution in [-0.4, -0.2) is 22.5 Å². The van der Waals surface area contributed by atoms with Crippen LogP contribution in [0.5, 0.6) is 0 Å². The summed E-state index contributed by atoms with van der Waals surface area (Å²) in [5.41, 5.74) is 0.994. The van der Waals surface area contributed by atoms with Crippen molar-refractivity contribution in [2.45, 2.75) is 18.4 Å². The largest absolute Gasteiger partial charge is 0.390 e. The zero-order chi connectivity index (χ0) is 12.5. The Hall–Kier alpha value is -1.66. The zero-order valence-corrected chi connectivity index (χ0v) is 10.1. The van der Waals surface area contributed by atoms with E-state index in [1.165, 1.54) is 12.5 Å². The van der Waals surface area contributed by atoms with E-state index >= 15 is 0 Å². The first kappa shape index (κ1) is 11.8. The lowest BCUT2D eigenvalue weighted by Crippen LogP contribution is -2.12. The second-order valence-corrected chi connectivity index (χ2v) is 5.44. The van der Waals surface area contributed by atoms with Crippen LogP contribution in [0.25, 0.3) is 0 Å². The molecule has 0 aliphatic heterocycles. The monoisotopic (exact) mass is 252 g/mol. The molecular formula is C11H12N2O3S. The molecule has 0 saturated carbocycles. The van der Waals surface area contributed by atoms with Crippen molar-refractivity contribution in [2.75, 3.05) is 0 Å². The first-order chi connectivity index (χ1) is 8.05. The molecule has 0 atom stereocenters. The third kappa shape index (κ3) is 2.09. The van der Waals surface area contributed by atoms with E-state index in [2.05, 4.69) is 4.98 Å². The Labute approximate surface area is 99.4 Å². The third-order valence-corrected chi connectivity index (χ3v) is 4.19. The fourth-order valence-electron chi connectivity index (χ4n) is 1.52. The molecule has 0 radical (unpaired) electrons. The molecule has 1 heterocycles. The molecule has 1 aromatic carbocycles. The molecule has 5 nitrogen and oxygen atoms in total. The summed E-state index contributed by atoms with van der Waals surface area (Å²) in [6.45, 7) is 1.45. The van der Waals surface area contributed by atoms with Gasteiger partial charge < -0.3 is 5.11 Å². The van der Waals surface area contributed by atoms with Crippen LogP contribution in [0.4, 0.5) is 0 Å². The first-order valence-corrected chi connectivity index (χ1v) is 6.44. The van der Waals surface area contributed by atoms with Gasteiger partial charge in [0.25, 0.3) is 10.0 Å². The molecule has 0 spiro atoms. The van der Waals surface area contributed by atoms with Gasteiger partial charge in [-0.05, 0) is 18.6 Å². The number of hydrogen-bond acceptors (Lipinski definition) is 4. The zero-order valence-electron chi connectivity index (χ0n) is 9.24. The highest BCUT2D eigenvalue weighted by atomic mass is 32.2. The Balaban J connectivity index is 2.54. The summed E-state index contributed by atoms with van der Waals surface area (Å²) in [6, 6.07) is 6.73. The van der Waals surface area contributed by atoms with Crippen LogP contribution in [0.3, 0.4) is 0 Å². The molecule has 1 N–H and O–H groups in total. The van der Waals surface area contributed by atoms with Crippen molar-refractivity contribution in [3.63, 3.8) is 0 Å². The van der Waals surface area contributed by atoms with Gasteiger partial charge >= 0.3 is 0 Å². The summed E-state index contributed by atoms with van der Waals surface area (Å²) in [6.07, 6.45) is 2.50. The summed E-state index contributed by atoms with van der Waals surface area (Å²) in [5.74, 6) is 0. The van der Waals surface area contributed by atoms with E-state index in [-0.39, 0.29) is 11.5 Å². The normalized spacial score (nSPS) is 11.6. The van der Waals surface area contributed by atoms with Crippen LogP contribution >= 0.6 is 0 Å². The second kappa shape index (κ2) is 4.31. The van der Waals surface area contributed by atoms with Gasteiger partial charge in [0, 0.05) is 6.20 Å². The Kier molecular flexibility index (Phi) is 2.99. The van der Waals surface area contributed by atoms with Gasteiger partial charge in [0.1, 0.15) is 6.33 Å². The summed E-state index contributed by atoms with van der Waals surface area (Å²) < 4.78 is 25.5. The molecule has 0 amide bonds. The molecule has 0 aliphatic rings. The van der Waals surface area contributed by atoms with Crippen LogP contribution < -0.4 is 0 Å². The maximum Gasteiger partial charge on any atom is 0.269 e. The van der Waals surface area contributed by atoms with Crippen molar-refractivity contribution >= 4 is 10.0 Å². The molecule has 2 rings (SSSR count). The quantitative estimate of drug-likeness (QED) is 0.881. The Morgan fingerprint density at radius 1 is 1.35 bits per heavy atom. The van der Waals surface area contributed by atoms with Crippen LogP contribution in [0.15, 0.2) is 41.7 Å². The van der Waals surface area contributed by atoms with E-state index in [1.54, 1.807) is 31.2 Å². The standard InChI is InChI=1S/C11H12N2O3S/c1-9-4-2-3-5-11(9)17(15,16)13-6-10(7-14)12-8-13/h2-6,8,14H,7H2,1H3. The van der Waals surface area contributed by atoms with Crippen molar-refractivity contribution in [2.24, 2.45) is 0 Å². The van der Waals surface area contributed by atoms with E-state index in [0.29, 0.717) is 11.3 Å². The number of hydrogen-bond donors (Lipinski definition) is 1. The second-order valence-electron chi connectivity index (χ2n) is 3.62. The Morgan fingerprint density at radius 3 is 2.65 bits per heavy atom. The Bertz CT molecular complexity index is 632. The van der Waals surface area contributed by atoms with Crippen LogP contribution in [0.1, 0.15) is 11.3 Å². The van der Waals surface area contributed by atoms with E-state index in [0.717, 1.165) is 3.97 Å². The number of rotatable bonds is 3.